The summed E-state index contributed by atoms with van der Waals surface area (Å²) in [5.74, 6) is 5.21. The van der Waals surface area contributed by atoms with Gasteiger partial charge in [-0.3, -0.25) is 5.84 Å². The molecule has 3 nitrogen and oxygen atoms in total. The van der Waals surface area contributed by atoms with E-state index in [9.17, 15) is 0 Å². The normalized spacial score (nSPS) is 8.61. The molecular formula is C15H39N3. The van der Waals surface area contributed by atoms with Crippen LogP contribution in [0.25, 0.3) is 0 Å². The van der Waals surface area contributed by atoms with Crippen LogP contribution in [0.1, 0.15) is 81.1 Å². The molecule has 0 bridgehead atoms. The highest BCUT2D eigenvalue weighted by molar-refractivity contribution is 4.97. The second-order valence-corrected chi connectivity index (χ2v) is 2.87. The predicted octanol–water partition coefficient (Wildman–Crippen LogP) is 4.56. The van der Waals surface area contributed by atoms with E-state index < -0.39 is 0 Å². The van der Waals surface area contributed by atoms with Gasteiger partial charge < -0.3 is 10.7 Å². The third-order valence-corrected chi connectivity index (χ3v) is 1.66. The molecule has 0 aliphatic rings. The molecule has 0 aromatic rings. The van der Waals surface area contributed by atoms with Crippen molar-refractivity contribution in [1.29, 1.82) is 0 Å². The van der Waals surface area contributed by atoms with E-state index in [0.717, 1.165) is 19.4 Å². The van der Waals surface area contributed by atoms with Gasteiger partial charge in [-0.25, -0.2) is 0 Å². The molecule has 0 fully saturated rings. The Morgan fingerprint density at radius 3 is 1.78 bits per heavy atom. The van der Waals surface area contributed by atoms with Crippen molar-refractivity contribution < 1.29 is 0 Å². The molecule has 0 aromatic carbocycles. The van der Waals surface area contributed by atoms with Crippen LogP contribution >= 0.6 is 0 Å². The second-order valence-electron chi connectivity index (χ2n) is 2.87. The Morgan fingerprint density at radius 2 is 1.44 bits per heavy atom. The summed E-state index contributed by atoms with van der Waals surface area (Å²) < 4.78 is 0. The average Bonchev–Trinajstić information content (AvgIpc) is 2.48. The van der Waals surface area contributed by atoms with Crippen LogP contribution in [0.3, 0.4) is 0 Å². The maximum atomic E-state index is 5.21. The monoisotopic (exact) mass is 261 g/mol. The summed E-state index contributed by atoms with van der Waals surface area (Å²) in [6.45, 7) is 17.4. The smallest absolute Gasteiger partial charge is 0.0312 e. The average molecular weight is 261 g/mol. The molecule has 0 aliphatic carbocycles. The fourth-order valence-corrected chi connectivity index (χ4v) is 0.965. The quantitative estimate of drug-likeness (QED) is 0.465. The van der Waals surface area contributed by atoms with Crippen LogP contribution in [-0.4, -0.2) is 6.54 Å². The number of unbranched alkanes of at least 4 members (excludes halogenated alkanes) is 1. The molecule has 0 aliphatic heterocycles. The van der Waals surface area contributed by atoms with Crippen LogP contribution in [-0.2, 0) is 0 Å². The highest BCUT2D eigenvalue weighted by Gasteiger charge is 1.93. The number of nitrogens with one attached hydrogen (secondary N) is 2. The van der Waals surface area contributed by atoms with Crippen molar-refractivity contribution >= 4 is 0 Å². The highest BCUT2D eigenvalue weighted by Crippen LogP contribution is 2.02. The molecule has 0 aromatic heterocycles. The lowest BCUT2D eigenvalue weighted by molar-refractivity contribution is 0.678. The Bertz CT molecular complexity index is 113. The number of nitrogens with two attached hydrogens (primary N) is 1. The zero-order valence-corrected chi connectivity index (χ0v) is 14.2. The Balaban J connectivity index is -0.000000141. The van der Waals surface area contributed by atoms with Crippen LogP contribution in [0.15, 0.2) is 11.9 Å². The fourth-order valence-electron chi connectivity index (χ4n) is 0.965. The maximum Gasteiger partial charge on any atom is 0.0312 e. The van der Waals surface area contributed by atoms with E-state index in [0.29, 0.717) is 0 Å². The number of rotatable bonds is 7. The number of hydrazine groups is 1. The third kappa shape index (κ3) is 29.5. The van der Waals surface area contributed by atoms with Gasteiger partial charge in [0, 0.05) is 18.4 Å². The minimum Gasteiger partial charge on any atom is -0.387 e. The zero-order chi connectivity index (χ0) is 15.2. The molecule has 0 saturated carbocycles. The van der Waals surface area contributed by atoms with Crippen molar-refractivity contribution in [2.75, 3.05) is 6.54 Å². The van der Waals surface area contributed by atoms with Crippen molar-refractivity contribution in [3.05, 3.63) is 11.9 Å². The van der Waals surface area contributed by atoms with Gasteiger partial charge in [0.25, 0.3) is 0 Å². The Labute approximate surface area is 117 Å². The van der Waals surface area contributed by atoms with Gasteiger partial charge in [0.15, 0.2) is 0 Å². The SMILES string of the molecule is CC.CC.CC.CCCC/C(=C/NN)NCCC. The second kappa shape index (κ2) is 36.0. The maximum absolute atomic E-state index is 5.21. The lowest BCUT2D eigenvalue weighted by Gasteiger charge is -2.08. The topological polar surface area (TPSA) is 50.1 Å². The first-order valence-electron chi connectivity index (χ1n) is 7.74. The van der Waals surface area contributed by atoms with E-state index in [1.807, 2.05) is 47.7 Å². The van der Waals surface area contributed by atoms with Gasteiger partial charge in [0.2, 0.25) is 0 Å². The van der Waals surface area contributed by atoms with Gasteiger partial charge in [-0.15, -0.1) is 0 Å². The molecule has 0 heterocycles. The summed E-state index contributed by atoms with van der Waals surface area (Å²) in [6.07, 6.45) is 6.50. The first-order chi connectivity index (χ1) is 8.85. The lowest BCUT2D eigenvalue weighted by atomic mass is 10.2. The Morgan fingerprint density at radius 1 is 0.944 bits per heavy atom. The first kappa shape index (κ1) is 26.0. The van der Waals surface area contributed by atoms with Gasteiger partial charge in [-0.1, -0.05) is 61.8 Å². The standard InChI is InChI=1S/C9H21N3.3C2H6/c1-3-5-6-9(8-12-10)11-7-4-2;3*1-2/h8,11-12H,3-7,10H2,1-2H3;3*1-2H3/b9-8-;;;. The minimum atomic E-state index is 1.03. The Hall–Kier alpha value is -0.700. The molecule has 0 saturated heterocycles. The molecule has 0 spiro atoms. The lowest BCUT2D eigenvalue weighted by Crippen LogP contribution is -2.21. The molecule has 114 valence electrons. The largest absolute Gasteiger partial charge is 0.387 e. The van der Waals surface area contributed by atoms with E-state index in [1.165, 1.54) is 18.5 Å². The summed E-state index contributed by atoms with van der Waals surface area (Å²) >= 11 is 0. The van der Waals surface area contributed by atoms with Crippen LogP contribution in [0.2, 0.25) is 0 Å². The van der Waals surface area contributed by atoms with Crippen molar-refractivity contribution in [2.45, 2.75) is 81.1 Å². The molecule has 0 radical (unpaired) electrons. The van der Waals surface area contributed by atoms with Crippen LogP contribution in [0.4, 0.5) is 0 Å². The fraction of sp³-hybridized carbons (Fsp3) is 0.867. The molecule has 0 amide bonds. The van der Waals surface area contributed by atoms with Crippen molar-refractivity contribution in [1.82, 2.24) is 10.7 Å². The minimum absolute atomic E-state index is 1.03. The van der Waals surface area contributed by atoms with Crippen LogP contribution in [0.5, 0.6) is 0 Å². The molecule has 4 N–H and O–H groups in total. The van der Waals surface area contributed by atoms with E-state index in [-0.39, 0.29) is 0 Å². The van der Waals surface area contributed by atoms with E-state index >= 15 is 0 Å². The predicted molar refractivity (Wildman–Crippen MR) is 87.3 cm³/mol. The summed E-state index contributed by atoms with van der Waals surface area (Å²) in [6, 6.07) is 0. The van der Waals surface area contributed by atoms with Gasteiger partial charge in [-0.2, -0.15) is 0 Å². The molecule has 0 rings (SSSR count). The van der Waals surface area contributed by atoms with Crippen LogP contribution < -0.4 is 16.6 Å². The van der Waals surface area contributed by atoms with E-state index in [4.69, 9.17) is 5.84 Å². The van der Waals surface area contributed by atoms with Crippen molar-refractivity contribution in [3.63, 3.8) is 0 Å². The van der Waals surface area contributed by atoms with Crippen molar-refractivity contribution in [3.8, 4) is 0 Å². The molecule has 18 heavy (non-hydrogen) atoms. The molecule has 3 heteroatoms. The molecular weight excluding hydrogens is 222 g/mol. The van der Waals surface area contributed by atoms with Gasteiger partial charge in [-0.05, 0) is 19.3 Å². The molecule has 0 atom stereocenters. The van der Waals surface area contributed by atoms with Gasteiger partial charge in [0.1, 0.15) is 0 Å². The molecule has 0 unspecified atom stereocenters. The third-order valence-electron chi connectivity index (χ3n) is 1.66. The zero-order valence-electron chi connectivity index (χ0n) is 14.2. The van der Waals surface area contributed by atoms with Gasteiger partial charge in [0.05, 0.1) is 0 Å². The van der Waals surface area contributed by atoms with E-state index in [2.05, 4.69) is 24.6 Å². The summed E-state index contributed by atoms with van der Waals surface area (Å²) in [5, 5.41) is 3.32. The number of hydrogen-bond acceptors (Lipinski definition) is 3. The summed E-state index contributed by atoms with van der Waals surface area (Å²) in [5.41, 5.74) is 3.77. The van der Waals surface area contributed by atoms with Gasteiger partial charge >= 0.3 is 0 Å². The first-order valence-corrected chi connectivity index (χ1v) is 7.74. The summed E-state index contributed by atoms with van der Waals surface area (Å²) in [7, 11) is 0. The number of hydrogen-bond donors (Lipinski definition) is 3. The number of allylic oxidation sites excluding steroid dienone is 1. The van der Waals surface area contributed by atoms with Crippen LogP contribution in [0, 0.1) is 0 Å². The van der Waals surface area contributed by atoms with Crippen molar-refractivity contribution in [2.24, 2.45) is 5.84 Å². The Kier molecular flexibility index (Phi) is 51.9. The highest BCUT2D eigenvalue weighted by atomic mass is 15.2. The summed E-state index contributed by atoms with van der Waals surface area (Å²) in [4.78, 5) is 0. The van der Waals surface area contributed by atoms with E-state index in [1.54, 1.807) is 0 Å².